The van der Waals surface area contributed by atoms with E-state index in [0.29, 0.717) is 30.2 Å². The average molecular weight is 509 g/mol. The van der Waals surface area contributed by atoms with Crippen molar-refractivity contribution in [3.8, 4) is 28.4 Å². The molecule has 0 aromatic heterocycles. The second kappa shape index (κ2) is 13.2. The highest BCUT2D eigenvalue weighted by atomic mass is 16.5. The predicted molar refractivity (Wildman–Crippen MR) is 146 cm³/mol. The Hall–Kier alpha value is -3.48. The lowest BCUT2D eigenvalue weighted by Crippen LogP contribution is -2.63. The van der Waals surface area contributed by atoms with Crippen LogP contribution in [0.15, 0.2) is 48.6 Å². The van der Waals surface area contributed by atoms with Crippen LogP contribution in [0.1, 0.15) is 45.1 Å². The molecular formula is C30H40N2O5. The molecule has 2 aromatic carbocycles. The Morgan fingerprint density at radius 1 is 0.865 bits per heavy atom. The Morgan fingerprint density at radius 2 is 1.51 bits per heavy atom. The van der Waals surface area contributed by atoms with Crippen molar-refractivity contribution >= 4 is 11.8 Å². The number of carbonyl (C=O) groups excluding carboxylic acids is 2. The van der Waals surface area contributed by atoms with E-state index in [4.69, 9.17) is 14.2 Å². The van der Waals surface area contributed by atoms with Crippen molar-refractivity contribution in [2.45, 2.75) is 58.0 Å². The number of ether oxygens (including phenoxy) is 3. The normalized spacial score (nSPS) is 18.0. The van der Waals surface area contributed by atoms with E-state index in [1.807, 2.05) is 49.4 Å². The lowest BCUT2D eigenvalue weighted by Gasteiger charge is -2.42. The second-order valence-electron chi connectivity index (χ2n) is 9.41. The monoisotopic (exact) mass is 508 g/mol. The van der Waals surface area contributed by atoms with Crippen molar-refractivity contribution in [3.63, 3.8) is 0 Å². The highest BCUT2D eigenvalue weighted by Gasteiger charge is 2.41. The van der Waals surface area contributed by atoms with E-state index in [1.54, 1.807) is 38.2 Å². The first-order chi connectivity index (χ1) is 17.9. The zero-order valence-corrected chi connectivity index (χ0v) is 23.0. The van der Waals surface area contributed by atoms with E-state index < -0.39 is 12.1 Å². The summed E-state index contributed by atoms with van der Waals surface area (Å²) < 4.78 is 16.4. The van der Waals surface area contributed by atoms with Gasteiger partial charge in [0, 0.05) is 20.0 Å². The number of rotatable bonds is 12. The molecule has 0 radical (unpaired) electrons. The molecule has 0 aliphatic carbocycles. The molecule has 1 aliphatic heterocycles. The summed E-state index contributed by atoms with van der Waals surface area (Å²) in [7, 11) is 6.49. The molecule has 0 unspecified atom stereocenters. The van der Waals surface area contributed by atoms with Gasteiger partial charge in [-0.15, -0.1) is 0 Å². The van der Waals surface area contributed by atoms with Gasteiger partial charge in [0.2, 0.25) is 17.6 Å². The van der Waals surface area contributed by atoms with Crippen molar-refractivity contribution in [1.29, 1.82) is 0 Å². The molecule has 37 heavy (non-hydrogen) atoms. The van der Waals surface area contributed by atoms with Crippen LogP contribution in [0.3, 0.4) is 0 Å². The summed E-state index contributed by atoms with van der Waals surface area (Å²) >= 11 is 0. The number of methoxy groups -OCH3 is 3. The molecule has 0 saturated carbocycles. The van der Waals surface area contributed by atoms with Gasteiger partial charge < -0.3 is 24.0 Å². The van der Waals surface area contributed by atoms with Gasteiger partial charge in [0.15, 0.2) is 11.5 Å². The van der Waals surface area contributed by atoms with E-state index in [0.717, 1.165) is 29.5 Å². The zero-order chi connectivity index (χ0) is 26.9. The van der Waals surface area contributed by atoms with Crippen LogP contribution < -0.4 is 14.2 Å². The Kier molecular flexibility index (Phi) is 10.0. The molecule has 0 bridgehead atoms. The number of allylic oxidation sites excluding steroid dienone is 1. The molecule has 3 rings (SSSR count). The summed E-state index contributed by atoms with van der Waals surface area (Å²) in [5.41, 5.74) is 2.89. The minimum absolute atomic E-state index is 0.0125. The minimum Gasteiger partial charge on any atom is -0.493 e. The molecule has 2 atom stereocenters. The highest BCUT2D eigenvalue weighted by molar-refractivity contribution is 5.96. The van der Waals surface area contributed by atoms with Gasteiger partial charge in [-0.1, -0.05) is 56.2 Å². The first kappa shape index (κ1) is 28.1. The molecule has 1 heterocycles. The van der Waals surface area contributed by atoms with Crippen LogP contribution >= 0.6 is 0 Å². The van der Waals surface area contributed by atoms with Crippen LogP contribution in [-0.2, 0) is 16.0 Å². The fourth-order valence-electron chi connectivity index (χ4n) is 4.72. The first-order valence-corrected chi connectivity index (χ1v) is 13.0. The Labute approximate surface area is 221 Å². The molecular weight excluding hydrogens is 468 g/mol. The minimum atomic E-state index is -0.524. The number of carbonyl (C=O) groups is 2. The third-order valence-electron chi connectivity index (χ3n) is 7.03. The number of amides is 2. The van der Waals surface area contributed by atoms with Crippen LogP contribution in [0.2, 0.25) is 0 Å². The number of nitrogens with zero attached hydrogens (tertiary/aromatic N) is 2. The summed E-state index contributed by atoms with van der Waals surface area (Å²) in [5, 5.41) is 0. The largest absolute Gasteiger partial charge is 0.493 e. The molecule has 7 nitrogen and oxygen atoms in total. The second-order valence-corrected chi connectivity index (χ2v) is 9.41. The maximum Gasteiger partial charge on any atom is 0.246 e. The smallest absolute Gasteiger partial charge is 0.246 e. The molecule has 1 aliphatic rings. The number of piperazine rings is 1. The van der Waals surface area contributed by atoms with Crippen molar-refractivity contribution < 1.29 is 23.8 Å². The Balaban J connectivity index is 1.75. The summed E-state index contributed by atoms with van der Waals surface area (Å²) in [6, 6.07) is 10.8. The molecule has 2 aromatic rings. The third-order valence-corrected chi connectivity index (χ3v) is 7.03. The van der Waals surface area contributed by atoms with E-state index in [-0.39, 0.29) is 11.8 Å². The number of benzene rings is 2. The molecule has 200 valence electrons. The lowest BCUT2D eigenvalue weighted by molar-refractivity contribution is -0.158. The van der Waals surface area contributed by atoms with Gasteiger partial charge in [-0.3, -0.25) is 9.59 Å². The first-order valence-electron chi connectivity index (χ1n) is 13.0. The van der Waals surface area contributed by atoms with Crippen molar-refractivity contribution in [1.82, 2.24) is 9.80 Å². The maximum absolute atomic E-state index is 13.4. The lowest BCUT2D eigenvalue weighted by atomic mass is 9.96. The van der Waals surface area contributed by atoms with Gasteiger partial charge in [-0.05, 0) is 48.6 Å². The summed E-state index contributed by atoms with van der Waals surface area (Å²) in [5.74, 6) is 1.67. The molecule has 1 fully saturated rings. The van der Waals surface area contributed by atoms with Crippen molar-refractivity contribution in [3.05, 3.63) is 54.1 Å². The van der Waals surface area contributed by atoms with Crippen LogP contribution in [0, 0.1) is 0 Å². The maximum atomic E-state index is 13.4. The summed E-state index contributed by atoms with van der Waals surface area (Å²) in [6.07, 6.45) is 9.13. The molecule has 0 N–H and O–H groups in total. The average Bonchev–Trinajstić information content (AvgIpc) is 2.92. The van der Waals surface area contributed by atoms with E-state index in [9.17, 15) is 9.59 Å². The van der Waals surface area contributed by atoms with E-state index >= 15 is 0 Å². The fraction of sp³-hybridized carbons (Fsp3) is 0.467. The molecule has 0 spiro atoms. The highest BCUT2D eigenvalue weighted by Crippen LogP contribution is 2.41. The van der Waals surface area contributed by atoms with Gasteiger partial charge in [0.25, 0.3) is 0 Å². The van der Waals surface area contributed by atoms with Crippen LogP contribution in [-0.4, -0.2) is 68.6 Å². The van der Waals surface area contributed by atoms with Gasteiger partial charge in [-0.2, -0.15) is 0 Å². The van der Waals surface area contributed by atoms with Crippen LogP contribution in [0.4, 0.5) is 0 Å². The Morgan fingerprint density at radius 3 is 2.08 bits per heavy atom. The van der Waals surface area contributed by atoms with Crippen LogP contribution in [0.5, 0.6) is 17.2 Å². The van der Waals surface area contributed by atoms with Crippen molar-refractivity contribution in [2.24, 2.45) is 0 Å². The number of hydrogen-bond acceptors (Lipinski definition) is 5. The van der Waals surface area contributed by atoms with Crippen LogP contribution in [0.25, 0.3) is 11.1 Å². The van der Waals surface area contributed by atoms with Gasteiger partial charge >= 0.3 is 0 Å². The van der Waals surface area contributed by atoms with Gasteiger partial charge in [0.05, 0.1) is 21.3 Å². The topological polar surface area (TPSA) is 68.3 Å². The Bertz CT molecular complexity index is 1070. The number of unbranched alkanes of at least 4 members (excludes halogenated alkanes) is 3. The van der Waals surface area contributed by atoms with E-state index in [1.165, 1.54) is 12.8 Å². The van der Waals surface area contributed by atoms with E-state index in [2.05, 4.69) is 13.0 Å². The van der Waals surface area contributed by atoms with Crippen molar-refractivity contribution in [2.75, 3.05) is 34.9 Å². The molecule has 7 heteroatoms. The quantitative estimate of drug-likeness (QED) is 0.294. The zero-order valence-electron chi connectivity index (χ0n) is 23.0. The molecule has 1 saturated heterocycles. The summed E-state index contributed by atoms with van der Waals surface area (Å²) in [6.45, 7) is 4.45. The number of likely N-dealkylation sites (N-methyl/N-ethyl adjacent to an activating group) is 1. The predicted octanol–water partition coefficient (Wildman–Crippen LogP) is 5.12. The summed E-state index contributed by atoms with van der Waals surface area (Å²) in [4.78, 5) is 29.7. The fourth-order valence-corrected chi connectivity index (χ4v) is 4.72. The van der Waals surface area contributed by atoms with Gasteiger partial charge in [-0.25, -0.2) is 0 Å². The standard InChI is InChI=1S/C30H40N2O5/c1-7-8-9-10-11-12-17-32-21(2)29(33)31(3)25(30(32)34)18-22-13-15-23(16-14-22)24-19-26(35-4)28(37-6)27(20-24)36-5/h11-16,19-21,25H,7-10,17-18H2,1-6H3/t21-,25-/m0/s1. The van der Waals surface area contributed by atoms with Gasteiger partial charge in [0.1, 0.15) is 12.1 Å². The molecule has 2 amide bonds. The third kappa shape index (κ3) is 6.45. The number of hydrogen-bond donors (Lipinski definition) is 0. The SMILES string of the molecule is CCCCCC=CCN1C(=O)[C@H](Cc2ccc(-c3cc(OC)c(OC)c(OC)c3)cc2)N(C)C(=O)[C@@H]1C.